The molecule has 2 unspecified atom stereocenters. The molecule has 0 radical (unpaired) electrons. The predicted octanol–water partition coefficient (Wildman–Crippen LogP) is 13.0. The largest absolute Gasteiger partial charge is 0.456 e. The predicted molar refractivity (Wildman–Crippen MR) is 268 cm³/mol. The number of furan rings is 1. The molecule has 3 aliphatic rings. The van der Waals surface area contributed by atoms with Crippen molar-refractivity contribution in [2.75, 3.05) is 0 Å². The molecule has 1 nitrogen and oxygen atoms in total. The third kappa shape index (κ3) is 5.49. The Morgan fingerprint density at radius 1 is 0.297 bits per heavy atom. The van der Waals surface area contributed by atoms with E-state index >= 15 is 0 Å². The Morgan fingerprint density at radius 2 is 0.797 bits per heavy atom. The highest BCUT2D eigenvalue weighted by Gasteiger charge is 2.50. The first kappa shape index (κ1) is 36.8. The third-order valence-electron chi connectivity index (χ3n) is 14.2. The van der Waals surface area contributed by atoms with E-state index in [1.165, 1.54) is 87.5 Å². The Hall–Kier alpha value is -7.78. The van der Waals surface area contributed by atoms with Gasteiger partial charge in [0.2, 0.25) is 0 Å². The fourth-order valence-corrected chi connectivity index (χ4v) is 16.7. The minimum Gasteiger partial charge on any atom is -0.456 e. The summed E-state index contributed by atoms with van der Waals surface area (Å²) >= 11 is 0. The molecule has 0 N–H and O–H groups in total. The van der Waals surface area contributed by atoms with Gasteiger partial charge in [0.05, 0.1) is 0 Å². The third-order valence-corrected chi connectivity index (χ3v) is 19.0. The summed E-state index contributed by atoms with van der Waals surface area (Å²) in [4.78, 5) is 0. The molecule has 0 spiro atoms. The molecule has 2 bridgehead atoms. The van der Waals surface area contributed by atoms with Crippen molar-refractivity contribution >= 4 is 50.8 Å². The lowest BCUT2D eigenvalue weighted by atomic mass is 9.60. The van der Waals surface area contributed by atoms with Gasteiger partial charge in [-0.2, -0.15) is 0 Å². The molecular formula is C62H42OSi. The zero-order chi connectivity index (χ0) is 42.2. The van der Waals surface area contributed by atoms with Crippen molar-refractivity contribution in [3.63, 3.8) is 0 Å². The van der Waals surface area contributed by atoms with Crippen LogP contribution >= 0.6 is 0 Å². The maximum atomic E-state index is 6.36. The van der Waals surface area contributed by atoms with Crippen LogP contribution in [-0.2, 0) is 0 Å². The average Bonchev–Trinajstić information content (AvgIpc) is 3.75. The van der Waals surface area contributed by atoms with Crippen LogP contribution in [0, 0.1) is 0 Å². The van der Waals surface area contributed by atoms with Gasteiger partial charge in [-0.25, -0.2) is 0 Å². The Kier molecular flexibility index (Phi) is 8.44. The van der Waals surface area contributed by atoms with Gasteiger partial charge in [0, 0.05) is 22.6 Å². The molecule has 0 saturated heterocycles. The molecule has 0 aliphatic heterocycles. The lowest BCUT2D eigenvalue weighted by molar-refractivity contribution is 0.669. The quantitative estimate of drug-likeness (QED) is 0.115. The summed E-state index contributed by atoms with van der Waals surface area (Å²) in [7, 11) is -3.15. The molecule has 0 saturated carbocycles. The fraction of sp³-hybridized carbons (Fsp3) is 0.0323. The number of rotatable bonds is 7. The first-order valence-corrected chi connectivity index (χ1v) is 24.4. The van der Waals surface area contributed by atoms with Gasteiger partial charge in [-0.15, -0.1) is 0 Å². The van der Waals surface area contributed by atoms with E-state index in [0.29, 0.717) is 0 Å². The molecule has 3 aliphatic carbocycles. The van der Waals surface area contributed by atoms with E-state index in [9.17, 15) is 0 Å². The number of hydrogen-bond acceptors (Lipinski definition) is 1. The summed E-state index contributed by atoms with van der Waals surface area (Å²) < 4.78 is 6.36. The molecule has 2 atom stereocenters. The summed E-state index contributed by atoms with van der Waals surface area (Å²) in [5.74, 6) is 0.110. The van der Waals surface area contributed by atoms with Crippen molar-refractivity contribution in [1.29, 1.82) is 0 Å². The van der Waals surface area contributed by atoms with E-state index in [2.05, 4.69) is 243 Å². The van der Waals surface area contributed by atoms with Crippen molar-refractivity contribution in [1.82, 2.24) is 0 Å². The van der Waals surface area contributed by atoms with Gasteiger partial charge in [-0.05, 0) is 106 Å². The lowest BCUT2D eigenvalue weighted by Crippen LogP contribution is -2.75. The monoisotopic (exact) mass is 830 g/mol. The maximum absolute atomic E-state index is 6.36. The molecule has 2 heteroatoms. The maximum Gasteiger partial charge on any atom is 0.179 e. The zero-order valence-corrected chi connectivity index (χ0v) is 36.2. The van der Waals surface area contributed by atoms with Gasteiger partial charge >= 0.3 is 0 Å². The van der Waals surface area contributed by atoms with E-state index in [4.69, 9.17) is 4.42 Å². The summed E-state index contributed by atoms with van der Waals surface area (Å²) in [6, 6.07) is 91.2. The molecule has 1 aromatic heterocycles. The topological polar surface area (TPSA) is 13.1 Å². The molecule has 14 rings (SSSR count). The Morgan fingerprint density at radius 3 is 1.48 bits per heavy atom. The van der Waals surface area contributed by atoms with Gasteiger partial charge in [0.1, 0.15) is 11.2 Å². The fourth-order valence-electron chi connectivity index (χ4n) is 11.6. The van der Waals surface area contributed by atoms with Gasteiger partial charge in [0.25, 0.3) is 0 Å². The van der Waals surface area contributed by atoms with Gasteiger partial charge < -0.3 is 4.42 Å². The van der Waals surface area contributed by atoms with Gasteiger partial charge in [-0.3, -0.25) is 0 Å². The van der Waals surface area contributed by atoms with Crippen molar-refractivity contribution in [3.05, 3.63) is 276 Å². The SMILES string of the molecule is c1ccc(-c2cccc([Si](c3ccccc3)(c3cccc(-c4ccccc4)c3)c3cccc4c3C3c5ccccc5C4c4cccc(-c5ccc6oc7ccccc7c6c5)c43)c2)cc1. The lowest BCUT2D eigenvalue weighted by Gasteiger charge is -2.47. The van der Waals surface area contributed by atoms with Crippen molar-refractivity contribution < 1.29 is 4.42 Å². The Balaban J connectivity index is 1.13. The Labute approximate surface area is 374 Å². The first-order chi connectivity index (χ1) is 31.8. The van der Waals surface area contributed by atoms with Crippen LogP contribution in [0.1, 0.15) is 45.2 Å². The Bertz CT molecular complexity index is 3490. The van der Waals surface area contributed by atoms with E-state index in [-0.39, 0.29) is 11.8 Å². The van der Waals surface area contributed by atoms with Crippen LogP contribution in [0.15, 0.2) is 247 Å². The highest BCUT2D eigenvalue weighted by atomic mass is 28.3. The van der Waals surface area contributed by atoms with E-state index in [0.717, 1.165) is 21.9 Å². The van der Waals surface area contributed by atoms with Crippen LogP contribution < -0.4 is 20.7 Å². The molecule has 10 aromatic carbocycles. The molecule has 0 fully saturated rings. The highest BCUT2D eigenvalue weighted by molar-refractivity contribution is 7.20. The van der Waals surface area contributed by atoms with Crippen LogP contribution in [0.25, 0.3) is 55.3 Å². The normalized spacial score (nSPS) is 14.9. The molecule has 0 amide bonds. The zero-order valence-electron chi connectivity index (χ0n) is 35.2. The number of hydrogen-bond donors (Lipinski definition) is 0. The van der Waals surface area contributed by atoms with E-state index < -0.39 is 8.07 Å². The molecular weight excluding hydrogens is 789 g/mol. The van der Waals surface area contributed by atoms with Crippen LogP contribution in [0.2, 0.25) is 0 Å². The van der Waals surface area contributed by atoms with Crippen molar-refractivity contribution in [2.45, 2.75) is 11.8 Å². The van der Waals surface area contributed by atoms with Crippen LogP contribution in [-0.4, -0.2) is 8.07 Å². The van der Waals surface area contributed by atoms with E-state index in [1.807, 2.05) is 0 Å². The van der Waals surface area contributed by atoms with Gasteiger partial charge in [0.15, 0.2) is 8.07 Å². The second kappa shape index (κ2) is 14.7. The van der Waals surface area contributed by atoms with Crippen molar-refractivity contribution in [2.24, 2.45) is 0 Å². The standard InChI is InChI=1S/C62H42OSi/c1-4-18-41(19-5-1)43-22-14-26-47(38-43)64(46-24-8-3-9-25-46,48-27-15-23-44(39-48)42-20-6-2-7-21-42)58-35-17-33-54-59-51-29-10-11-30-52(51)62(61(54)58)60-49(31-16-32-53(59)60)45-36-37-57-55(40-45)50-28-12-13-34-56(50)63-57/h1-40,59,62H. The summed E-state index contributed by atoms with van der Waals surface area (Å²) in [6.45, 7) is 0. The summed E-state index contributed by atoms with van der Waals surface area (Å²) in [5, 5.41) is 7.88. The number of para-hydroxylation sites is 1. The molecule has 300 valence electrons. The second-order valence-electron chi connectivity index (χ2n) is 17.4. The second-order valence-corrected chi connectivity index (χ2v) is 21.2. The number of benzene rings is 10. The minimum atomic E-state index is -3.15. The van der Waals surface area contributed by atoms with Crippen LogP contribution in [0.3, 0.4) is 0 Å². The van der Waals surface area contributed by atoms with E-state index in [1.54, 1.807) is 0 Å². The smallest absolute Gasteiger partial charge is 0.179 e. The highest BCUT2D eigenvalue weighted by Crippen LogP contribution is 2.57. The number of fused-ring (bicyclic) bond motifs is 3. The summed E-state index contributed by atoms with van der Waals surface area (Å²) in [5.41, 5.74) is 17.8. The first-order valence-electron chi connectivity index (χ1n) is 22.4. The van der Waals surface area contributed by atoms with Crippen LogP contribution in [0.5, 0.6) is 0 Å². The molecule has 1 heterocycles. The minimum absolute atomic E-state index is 0.0144. The van der Waals surface area contributed by atoms with Gasteiger partial charge in [-0.1, -0.05) is 224 Å². The van der Waals surface area contributed by atoms with Crippen LogP contribution in [0.4, 0.5) is 0 Å². The average molecular weight is 831 g/mol. The molecule has 64 heavy (non-hydrogen) atoms. The molecule has 11 aromatic rings. The van der Waals surface area contributed by atoms with Crippen molar-refractivity contribution in [3.8, 4) is 33.4 Å². The summed E-state index contributed by atoms with van der Waals surface area (Å²) in [6.07, 6.45) is 0.